The average molecular weight is 811 g/mol. The molecule has 0 aliphatic carbocycles. The minimum absolute atomic E-state index is 0. The minimum Gasteiger partial charge on any atom is -0.546 e. The number of carboxylic acid groups (broad SMARTS) is 2. The smallest absolute Gasteiger partial charge is 0.546 e. The molecule has 4 saturated heterocycles. The van der Waals surface area contributed by atoms with Crippen molar-refractivity contribution in [1.82, 2.24) is 14.8 Å². The van der Waals surface area contributed by atoms with Crippen LogP contribution in [0, 0.1) is 11.7 Å². The van der Waals surface area contributed by atoms with Gasteiger partial charge in [0, 0.05) is 47.1 Å². The molecule has 6 heterocycles. The van der Waals surface area contributed by atoms with Gasteiger partial charge in [0.25, 0.3) is 11.7 Å². The molecule has 4 N–H and O–H groups in total. The van der Waals surface area contributed by atoms with Crippen molar-refractivity contribution in [1.29, 1.82) is 0 Å². The number of hydrogen-bond donors (Lipinski definition) is 3. The Morgan fingerprint density at radius 3 is 2.40 bits per heavy atom. The number of halogens is 1. The number of phenolic OH excluding ortho intramolecular Hbond substituents is 2. The van der Waals surface area contributed by atoms with E-state index >= 15 is 0 Å². The number of β-lactam (4-membered cyclic amide) rings is 1. The number of fused-ring (bicyclic) bond motifs is 5. The van der Waals surface area contributed by atoms with Gasteiger partial charge < -0.3 is 50.0 Å². The summed E-state index contributed by atoms with van der Waals surface area (Å²) in [5.74, 6) is -10.5. The first-order chi connectivity index (χ1) is 25.3. The fourth-order valence-corrected chi connectivity index (χ4v) is 9.33. The Bertz CT molecular complexity index is 2010. The number of piperidine rings is 1. The molecule has 17 nitrogen and oxygen atoms in total. The molecule has 288 valence electrons. The third-order valence-corrected chi connectivity index (χ3v) is 12.6. The molecule has 4 fully saturated rings. The van der Waals surface area contributed by atoms with Gasteiger partial charge in [-0.2, -0.15) is 0 Å². The zero-order valence-electron chi connectivity index (χ0n) is 30.3. The van der Waals surface area contributed by atoms with E-state index in [0.717, 1.165) is 22.3 Å². The van der Waals surface area contributed by atoms with E-state index in [1.807, 2.05) is 0 Å². The number of thiazole rings is 1. The number of aromatic nitrogens is 1. The second kappa shape index (κ2) is 15.8. The Morgan fingerprint density at radius 2 is 1.82 bits per heavy atom. The molecule has 5 aliphatic rings. The number of anilines is 1. The van der Waals surface area contributed by atoms with Crippen LogP contribution in [0.5, 0.6) is 11.5 Å². The number of amides is 2. The summed E-state index contributed by atoms with van der Waals surface area (Å²) < 4.78 is 14.4. The van der Waals surface area contributed by atoms with E-state index in [0.29, 0.717) is 48.6 Å². The molecule has 2 aromatic rings. The molecular weight excluding hydrogens is 775 g/mol. The van der Waals surface area contributed by atoms with Crippen molar-refractivity contribution in [2.45, 2.75) is 62.3 Å². The summed E-state index contributed by atoms with van der Waals surface area (Å²) in [6.45, 7) is 5.91. The van der Waals surface area contributed by atoms with Crippen molar-refractivity contribution in [3.05, 3.63) is 45.9 Å². The Morgan fingerprint density at radius 1 is 1.15 bits per heavy atom. The largest absolute Gasteiger partial charge is 1.00 e. The Labute approximate surface area is 343 Å². The monoisotopic (exact) mass is 810 g/mol. The molecule has 2 bridgehead atoms. The number of hydrogen-bond acceptors (Lipinski definition) is 16. The topological polar surface area (TPSA) is 256 Å². The quantitative estimate of drug-likeness (QED) is 0.0271. The number of benzene rings is 1. The molecule has 55 heavy (non-hydrogen) atoms. The van der Waals surface area contributed by atoms with Crippen molar-refractivity contribution >= 4 is 69.3 Å². The van der Waals surface area contributed by atoms with E-state index < -0.39 is 86.8 Å². The van der Waals surface area contributed by atoms with Crippen LogP contribution in [0.2, 0.25) is 0 Å². The van der Waals surface area contributed by atoms with Gasteiger partial charge in [-0.15, -0.1) is 23.1 Å². The second-order valence-electron chi connectivity index (χ2n) is 14.2. The number of phenols is 2. The number of nitrogens with zero attached hydrogens (tertiary/aromatic N) is 5. The zero-order valence-corrected chi connectivity index (χ0v) is 33.9. The number of oxime groups is 1. The van der Waals surface area contributed by atoms with Gasteiger partial charge in [0.15, 0.2) is 39.5 Å². The number of nitrogens with two attached hydrogens (primary N) is 1. The van der Waals surface area contributed by atoms with Crippen molar-refractivity contribution in [3.63, 3.8) is 0 Å². The number of Topliss-reactive ketones (excluding diaryl/α,β-unsaturated/α-hetero) is 2. The standard InChI is InChI=1S/C34H37FN6O11S2.Na/c1-15-19(13-41-7-4-17(5-8-41)39(6-9-41)29(47)26(44)16-10-20(35)27(45)23(43)11-16)25(31(48)49)40-28(46)18(30(40)54-15)12-22(42)24(21-14-53-33(36)37-21)38-52-34(2,3)32(50)51;/h10-11,14-15,17-18,30H,4-9,12-13H2,1-3H3,(H5-,36,37,38,42,43,44,45,47,48,49,50,51);/q;+1/p-1/t15-,17?,18+,30+,41?;/m0./s1. The minimum atomic E-state index is -1.91. The van der Waals surface area contributed by atoms with Crippen LogP contribution in [-0.2, 0) is 28.8 Å². The van der Waals surface area contributed by atoms with Crippen LogP contribution in [0.15, 0.2) is 33.9 Å². The molecule has 0 unspecified atom stereocenters. The van der Waals surface area contributed by atoms with Crippen LogP contribution >= 0.6 is 23.1 Å². The van der Waals surface area contributed by atoms with Crippen LogP contribution in [0.4, 0.5) is 9.52 Å². The molecule has 7 rings (SSSR count). The predicted molar refractivity (Wildman–Crippen MR) is 185 cm³/mol. The van der Waals surface area contributed by atoms with Gasteiger partial charge in [0.1, 0.15) is 12.2 Å². The summed E-state index contributed by atoms with van der Waals surface area (Å²) in [7, 11) is 0. The third-order valence-electron chi connectivity index (χ3n) is 10.4. The van der Waals surface area contributed by atoms with Gasteiger partial charge >= 0.3 is 29.6 Å². The molecular formula is C34H36FN6NaO11S2. The fourth-order valence-electron chi connectivity index (χ4n) is 7.28. The van der Waals surface area contributed by atoms with Crippen molar-refractivity contribution in [2.24, 2.45) is 11.1 Å². The summed E-state index contributed by atoms with van der Waals surface area (Å²) in [6.07, 6.45) is 0.552. The van der Waals surface area contributed by atoms with Crippen molar-refractivity contribution < 1.29 is 92.5 Å². The van der Waals surface area contributed by atoms with Crippen LogP contribution in [-0.4, -0.2) is 126 Å². The van der Waals surface area contributed by atoms with E-state index in [-0.39, 0.29) is 70.9 Å². The number of nitrogen functional groups attached to an aromatic ring is 1. The molecule has 0 radical (unpaired) electrons. The van der Waals surface area contributed by atoms with Crippen LogP contribution in [0.25, 0.3) is 0 Å². The average Bonchev–Trinajstić information content (AvgIpc) is 3.36. The molecule has 0 saturated carbocycles. The first kappa shape index (κ1) is 42.1. The molecule has 1 aromatic carbocycles. The number of aromatic hydroxyl groups is 2. The number of aliphatic carboxylic acids is 2. The SMILES string of the molecule is C[C@@H]1S[C@@H]2[C@H](CC(=O)/C(=N\OC(C)(C)C(=O)[O-])c3csc(N)n3)C(=O)N2C(C(=O)[O-])=C1C[N+]12CCC(CC1)N(C(=O)C(=O)c1cc(O)c(O)c(F)c1)CC2.[Na+]. The number of rotatable bonds is 12. The van der Waals surface area contributed by atoms with E-state index in [4.69, 9.17) is 10.6 Å². The summed E-state index contributed by atoms with van der Waals surface area (Å²) in [6, 6.07) is 1.19. The summed E-state index contributed by atoms with van der Waals surface area (Å²) in [5, 5.41) is 47.6. The van der Waals surface area contributed by atoms with E-state index in [9.17, 15) is 53.6 Å². The molecule has 1 aromatic heterocycles. The van der Waals surface area contributed by atoms with E-state index in [2.05, 4.69) is 10.1 Å². The number of quaternary nitrogens is 1. The summed E-state index contributed by atoms with van der Waals surface area (Å²) in [4.78, 5) is 89.6. The Kier molecular flexibility index (Phi) is 12.1. The first-order valence-electron chi connectivity index (χ1n) is 16.9. The van der Waals surface area contributed by atoms with Gasteiger partial charge in [-0.1, -0.05) is 5.16 Å². The number of carbonyl (C=O) groups excluding carboxylic acids is 6. The zero-order chi connectivity index (χ0) is 39.4. The molecule has 21 heteroatoms. The van der Waals surface area contributed by atoms with Crippen molar-refractivity contribution in [2.75, 3.05) is 38.5 Å². The summed E-state index contributed by atoms with van der Waals surface area (Å²) in [5.41, 5.74) is 3.24. The molecule has 0 spiro atoms. The number of carbonyl (C=O) groups is 6. The number of thioether (sulfide) groups is 1. The van der Waals surface area contributed by atoms with E-state index in [1.54, 1.807) is 6.92 Å². The molecule has 2 amide bonds. The van der Waals surface area contributed by atoms with Crippen LogP contribution in [0.1, 0.15) is 56.1 Å². The van der Waals surface area contributed by atoms with Crippen LogP contribution < -0.4 is 45.5 Å². The van der Waals surface area contributed by atoms with Crippen LogP contribution in [0.3, 0.4) is 0 Å². The third kappa shape index (κ3) is 7.97. The Hall–Kier alpha value is -4.08. The predicted octanol–water partition coefficient (Wildman–Crippen LogP) is -3.88. The van der Waals surface area contributed by atoms with Gasteiger partial charge in [0.05, 0.1) is 55.1 Å². The number of carboxylic acids is 2. The fraction of sp³-hybridized carbons (Fsp3) is 0.471. The molecule has 3 atom stereocenters. The van der Waals surface area contributed by atoms with Gasteiger partial charge in [-0.05, 0) is 32.9 Å². The first-order valence-corrected chi connectivity index (χ1v) is 18.7. The Balaban J connectivity index is 0.00000580. The maximum atomic E-state index is 14.0. The second-order valence-corrected chi connectivity index (χ2v) is 16.6. The maximum absolute atomic E-state index is 14.0. The molecule has 5 aliphatic heterocycles. The van der Waals surface area contributed by atoms with E-state index in [1.165, 1.54) is 35.9 Å². The van der Waals surface area contributed by atoms with Gasteiger partial charge in [-0.3, -0.25) is 24.1 Å². The number of ketones is 2. The van der Waals surface area contributed by atoms with Crippen molar-refractivity contribution in [3.8, 4) is 11.5 Å². The van der Waals surface area contributed by atoms with Gasteiger partial charge in [-0.25, -0.2) is 9.37 Å². The van der Waals surface area contributed by atoms with Gasteiger partial charge in [0.2, 0.25) is 5.91 Å². The normalized spacial score (nSPS) is 25.0. The summed E-state index contributed by atoms with van der Waals surface area (Å²) >= 11 is 2.31. The maximum Gasteiger partial charge on any atom is 1.00 e.